The average Bonchev–Trinajstić information content (AvgIpc) is 2.32. The Balaban J connectivity index is 4.80. The van der Waals surface area contributed by atoms with Gasteiger partial charge in [-0.2, -0.15) is 0 Å². The van der Waals surface area contributed by atoms with Crippen molar-refractivity contribution in [1.82, 2.24) is 0 Å². The minimum Gasteiger partial charge on any atom is -0.468 e. The number of methoxy groups -OCH3 is 2. The maximum absolute atomic E-state index is 11.5. The summed E-state index contributed by atoms with van der Waals surface area (Å²) in [4.78, 5) is 23.0. The third-order valence-electron chi connectivity index (χ3n) is 2.24. The molecule has 4 heteroatoms. The van der Waals surface area contributed by atoms with E-state index in [9.17, 15) is 9.59 Å². The first-order valence-electron chi connectivity index (χ1n) is 4.97. The lowest BCUT2D eigenvalue weighted by molar-refractivity contribution is -0.167. The Morgan fingerprint density at radius 1 is 1.12 bits per heavy atom. The van der Waals surface area contributed by atoms with E-state index in [0.29, 0.717) is 0 Å². The molecule has 0 bridgehead atoms. The molecule has 0 saturated heterocycles. The highest BCUT2D eigenvalue weighted by Gasteiger charge is 2.42. The number of allylic oxidation sites excluding steroid dienone is 4. The number of ether oxygens (including phenoxy) is 2. The van der Waals surface area contributed by atoms with Crippen LogP contribution >= 0.6 is 0 Å². The van der Waals surface area contributed by atoms with Gasteiger partial charge in [0.15, 0.2) is 5.41 Å². The number of esters is 2. The first-order valence-corrected chi connectivity index (χ1v) is 4.97. The van der Waals surface area contributed by atoms with E-state index in [1.165, 1.54) is 21.1 Å². The Morgan fingerprint density at radius 2 is 1.62 bits per heavy atom. The Bertz CT molecular complexity index is 286. The zero-order valence-corrected chi connectivity index (χ0v) is 10.1. The molecule has 0 rings (SSSR count). The second-order valence-corrected chi connectivity index (χ2v) is 3.47. The normalized spacial score (nSPS) is 12.0. The summed E-state index contributed by atoms with van der Waals surface area (Å²) in [5.41, 5.74) is -1.28. The van der Waals surface area contributed by atoms with Crippen LogP contribution < -0.4 is 0 Å². The molecule has 16 heavy (non-hydrogen) atoms. The summed E-state index contributed by atoms with van der Waals surface area (Å²) in [5, 5.41) is 0. The molecule has 90 valence electrons. The lowest BCUT2D eigenvalue weighted by Crippen LogP contribution is -2.38. The molecule has 0 spiro atoms. The third kappa shape index (κ3) is 3.53. The molecule has 0 atom stereocenters. The van der Waals surface area contributed by atoms with Crippen molar-refractivity contribution in [1.29, 1.82) is 0 Å². The van der Waals surface area contributed by atoms with Gasteiger partial charge in [-0.3, -0.25) is 9.59 Å². The Kier molecular flexibility index (Phi) is 6.15. The van der Waals surface area contributed by atoms with E-state index >= 15 is 0 Å². The summed E-state index contributed by atoms with van der Waals surface area (Å²) in [7, 11) is 2.50. The van der Waals surface area contributed by atoms with Crippen molar-refractivity contribution >= 4 is 11.9 Å². The number of carbonyl (C=O) groups excluding carboxylic acids is 2. The Morgan fingerprint density at radius 3 is 2.00 bits per heavy atom. The molecule has 0 aromatic rings. The van der Waals surface area contributed by atoms with Gasteiger partial charge in [0, 0.05) is 0 Å². The summed E-state index contributed by atoms with van der Waals surface area (Å²) in [6.07, 6.45) is 7.41. The fourth-order valence-corrected chi connectivity index (χ4v) is 1.19. The number of carbonyl (C=O) groups is 2. The van der Waals surface area contributed by atoms with Gasteiger partial charge in [0.05, 0.1) is 14.2 Å². The largest absolute Gasteiger partial charge is 0.468 e. The Hall–Kier alpha value is -1.58. The zero-order chi connectivity index (χ0) is 12.6. The van der Waals surface area contributed by atoms with Crippen LogP contribution in [0.2, 0.25) is 0 Å². The van der Waals surface area contributed by atoms with E-state index in [2.05, 4.69) is 9.47 Å². The predicted molar refractivity (Wildman–Crippen MR) is 60.7 cm³/mol. The van der Waals surface area contributed by atoms with Crippen molar-refractivity contribution in [3.8, 4) is 0 Å². The van der Waals surface area contributed by atoms with E-state index in [0.717, 1.165) is 0 Å². The number of hydrogen-bond acceptors (Lipinski definition) is 4. The van der Waals surface area contributed by atoms with Gasteiger partial charge in [0.2, 0.25) is 0 Å². The van der Waals surface area contributed by atoms with Crippen molar-refractivity contribution in [2.24, 2.45) is 5.41 Å². The number of rotatable bonds is 5. The molecule has 0 unspecified atom stereocenters. The fraction of sp³-hybridized carbons (Fsp3) is 0.500. The van der Waals surface area contributed by atoms with E-state index in [-0.39, 0.29) is 6.42 Å². The minimum absolute atomic E-state index is 0.247. The van der Waals surface area contributed by atoms with Crippen LogP contribution in [0.25, 0.3) is 0 Å². The number of hydrogen-bond donors (Lipinski definition) is 0. The Labute approximate surface area is 95.9 Å². The van der Waals surface area contributed by atoms with E-state index in [1.807, 2.05) is 19.1 Å². The van der Waals surface area contributed by atoms with Crippen LogP contribution in [0.4, 0.5) is 0 Å². The highest BCUT2D eigenvalue weighted by atomic mass is 16.5. The monoisotopic (exact) mass is 226 g/mol. The van der Waals surface area contributed by atoms with Crippen molar-refractivity contribution in [2.45, 2.75) is 20.3 Å². The summed E-state index contributed by atoms with van der Waals surface area (Å²) in [6.45, 7) is 3.38. The quantitative estimate of drug-likeness (QED) is 0.408. The molecule has 4 nitrogen and oxygen atoms in total. The minimum atomic E-state index is -1.28. The van der Waals surface area contributed by atoms with Crippen LogP contribution in [0.15, 0.2) is 24.3 Å². The van der Waals surface area contributed by atoms with Gasteiger partial charge in [0.25, 0.3) is 0 Å². The average molecular weight is 226 g/mol. The van der Waals surface area contributed by atoms with Gasteiger partial charge in [-0.25, -0.2) is 0 Å². The molecule has 0 aromatic heterocycles. The third-order valence-corrected chi connectivity index (χ3v) is 2.24. The van der Waals surface area contributed by atoms with Gasteiger partial charge in [-0.15, -0.1) is 0 Å². The topological polar surface area (TPSA) is 52.6 Å². The van der Waals surface area contributed by atoms with Gasteiger partial charge in [0.1, 0.15) is 0 Å². The van der Waals surface area contributed by atoms with Crippen LogP contribution in [-0.2, 0) is 19.1 Å². The molecule has 0 heterocycles. The van der Waals surface area contributed by atoms with Gasteiger partial charge < -0.3 is 9.47 Å². The van der Waals surface area contributed by atoms with E-state index in [1.54, 1.807) is 12.2 Å². The SMILES string of the molecule is C/C=C\C=C\CC(C)(C(=O)OC)C(=O)OC. The van der Waals surface area contributed by atoms with Crippen molar-refractivity contribution in [3.05, 3.63) is 24.3 Å². The van der Waals surface area contributed by atoms with Crippen molar-refractivity contribution in [3.63, 3.8) is 0 Å². The summed E-state index contributed by atoms with van der Waals surface area (Å²) >= 11 is 0. The van der Waals surface area contributed by atoms with Crippen LogP contribution in [-0.4, -0.2) is 26.2 Å². The smallest absolute Gasteiger partial charge is 0.323 e. The van der Waals surface area contributed by atoms with Crippen LogP contribution in [0.3, 0.4) is 0 Å². The standard InChI is InChI=1S/C12H18O4/c1-5-6-7-8-9-12(2,10(13)15-3)11(14)16-4/h5-8H,9H2,1-4H3/b6-5-,8-7+. The highest BCUT2D eigenvalue weighted by Crippen LogP contribution is 2.25. The molecule has 0 aliphatic carbocycles. The second-order valence-electron chi connectivity index (χ2n) is 3.47. The maximum atomic E-state index is 11.5. The summed E-state index contributed by atoms with van der Waals surface area (Å²) in [6, 6.07) is 0. The van der Waals surface area contributed by atoms with Gasteiger partial charge in [-0.1, -0.05) is 24.3 Å². The highest BCUT2D eigenvalue weighted by molar-refractivity contribution is 5.99. The first kappa shape index (κ1) is 14.4. The molecule has 0 aliphatic heterocycles. The lowest BCUT2D eigenvalue weighted by atomic mass is 9.86. The maximum Gasteiger partial charge on any atom is 0.323 e. The van der Waals surface area contributed by atoms with Crippen molar-refractivity contribution < 1.29 is 19.1 Å². The lowest BCUT2D eigenvalue weighted by Gasteiger charge is -2.21. The van der Waals surface area contributed by atoms with Crippen LogP contribution in [0.5, 0.6) is 0 Å². The van der Waals surface area contributed by atoms with Crippen LogP contribution in [0.1, 0.15) is 20.3 Å². The molecule has 0 radical (unpaired) electrons. The molecule has 0 aromatic carbocycles. The molecule has 0 aliphatic rings. The van der Waals surface area contributed by atoms with Crippen LogP contribution in [0, 0.1) is 5.41 Å². The molecular formula is C12H18O4. The molecular weight excluding hydrogens is 208 g/mol. The summed E-state index contributed by atoms with van der Waals surface area (Å²) in [5.74, 6) is -1.19. The molecule has 0 saturated carbocycles. The predicted octanol–water partition coefficient (Wildman–Crippen LogP) is 1.86. The molecule has 0 N–H and O–H groups in total. The molecule has 0 fully saturated rings. The van der Waals surface area contributed by atoms with E-state index < -0.39 is 17.4 Å². The zero-order valence-electron chi connectivity index (χ0n) is 10.1. The first-order chi connectivity index (χ1) is 7.52. The fourth-order valence-electron chi connectivity index (χ4n) is 1.19. The van der Waals surface area contributed by atoms with E-state index in [4.69, 9.17) is 0 Å². The van der Waals surface area contributed by atoms with Gasteiger partial charge in [-0.05, 0) is 20.3 Å². The molecule has 0 amide bonds. The summed E-state index contributed by atoms with van der Waals surface area (Å²) < 4.78 is 9.21. The van der Waals surface area contributed by atoms with Crippen molar-refractivity contribution in [2.75, 3.05) is 14.2 Å². The van der Waals surface area contributed by atoms with Gasteiger partial charge >= 0.3 is 11.9 Å². The second kappa shape index (κ2) is 6.82.